The number of hydrogen-bond acceptors (Lipinski definition) is 4. The minimum atomic E-state index is -3.50. The van der Waals surface area contributed by atoms with Crippen molar-refractivity contribution < 1.29 is 8.42 Å². The third-order valence-electron chi connectivity index (χ3n) is 1.85. The van der Waals surface area contributed by atoms with Gasteiger partial charge in [-0.1, -0.05) is 13.8 Å². The predicted molar refractivity (Wildman–Crippen MR) is 56.5 cm³/mol. The van der Waals surface area contributed by atoms with Crippen molar-refractivity contribution in [2.75, 3.05) is 6.54 Å². The number of sulfonamides is 1. The molecule has 1 rings (SSSR count). The Morgan fingerprint density at radius 2 is 2.27 bits per heavy atom. The molecular formula is C8H16N4O2S. The van der Waals surface area contributed by atoms with Crippen LogP contribution in [0.1, 0.15) is 19.4 Å². The zero-order valence-corrected chi connectivity index (χ0v) is 9.63. The van der Waals surface area contributed by atoms with Crippen LogP contribution in [0.25, 0.3) is 0 Å². The smallest absolute Gasteiger partial charge is 0.257 e. The summed E-state index contributed by atoms with van der Waals surface area (Å²) >= 11 is 0. The second-order valence-corrected chi connectivity index (χ2v) is 5.38. The predicted octanol–water partition coefficient (Wildman–Crippen LogP) is -0.197. The molecule has 0 aliphatic carbocycles. The van der Waals surface area contributed by atoms with Crippen molar-refractivity contribution in [3.8, 4) is 0 Å². The van der Waals surface area contributed by atoms with Crippen LogP contribution in [0.3, 0.4) is 0 Å². The molecule has 0 aliphatic heterocycles. The molecule has 0 spiro atoms. The quantitative estimate of drug-likeness (QED) is 0.654. The van der Waals surface area contributed by atoms with Crippen LogP contribution in [0.5, 0.6) is 0 Å². The molecule has 86 valence electrons. The van der Waals surface area contributed by atoms with Crippen molar-refractivity contribution in [1.29, 1.82) is 0 Å². The summed E-state index contributed by atoms with van der Waals surface area (Å²) in [6, 6.07) is 0. The fourth-order valence-corrected chi connectivity index (χ4v) is 2.38. The van der Waals surface area contributed by atoms with Gasteiger partial charge < -0.3 is 5.73 Å². The van der Waals surface area contributed by atoms with Gasteiger partial charge in [0.2, 0.25) is 0 Å². The zero-order valence-electron chi connectivity index (χ0n) is 8.82. The topological polar surface area (TPSA) is 101 Å². The van der Waals surface area contributed by atoms with Gasteiger partial charge in [-0.3, -0.25) is 5.10 Å². The molecule has 0 aromatic carbocycles. The first-order valence-electron chi connectivity index (χ1n) is 4.69. The number of aromatic nitrogens is 2. The molecule has 0 saturated carbocycles. The van der Waals surface area contributed by atoms with Crippen molar-refractivity contribution >= 4 is 10.0 Å². The van der Waals surface area contributed by atoms with Gasteiger partial charge in [-0.15, -0.1) is 0 Å². The number of nitrogens with zero attached hydrogens (tertiary/aromatic N) is 1. The number of rotatable bonds is 5. The summed E-state index contributed by atoms with van der Waals surface area (Å²) in [5.74, 6) is 0.254. The second kappa shape index (κ2) is 4.73. The van der Waals surface area contributed by atoms with Crippen molar-refractivity contribution in [3.05, 3.63) is 11.8 Å². The Bertz CT molecular complexity index is 410. The van der Waals surface area contributed by atoms with Gasteiger partial charge in [0.15, 0.2) is 5.03 Å². The van der Waals surface area contributed by atoms with E-state index in [0.717, 1.165) is 0 Å². The molecule has 0 saturated heterocycles. The van der Waals surface area contributed by atoms with Crippen molar-refractivity contribution in [2.24, 2.45) is 11.7 Å². The van der Waals surface area contributed by atoms with Crippen LogP contribution in [0.2, 0.25) is 0 Å². The summed E-state index contributed by atoms with van der Waals surface area (Å²) < 4.78 is 26.0. The first kappa shape index (κ1) is 12.2. The standard InChI is InChI=1S/C8H16N4O2S/c1-6(2)4-11-15(13,14)8-7(3-9)5-10-12-8/h5-6,11H,3-4,9H2,1-2H3,(H,10,12). The SMILES string of the molecule is CC(C)CNS(=O)(=O)c1[nH]ncc1CN. The van der Waals surface area contributed by atoms with Gasteiger partial charge in [-0.25, -0.2) is 13.1 Å². The van der Waals surface area contributed by atoms with E-state index in [2.05, 4.69) is 14.9 Å². The zero-order chi connectivity index (χ0) is 11.5. The molecule has 1 heterocycles. The molecule has 1 aromatic rings. The lowest BCUT2D eigenvalue weighted by Gasteiger charge is -2.08. The van der Waals surface area contributed by atoms with Gasteiger partial charge in [0.1, 0.15) is 0 Å². The number of H-pyrrole nitrogens is 1. The Morgan fingerprint density at radius 3 is 2.80 bits per heavy atom. The molecule has 0 amide bonds. The first-order valence-corrected chi connectivity index (χ1v) is 6.17. The molecule has 4 N–H and O–H groups in total. The summed E-state index contributed by atoms with van der Waals surface area (Å²) in [6.45, 7) is 4.40. The lowest BCUT2D eigenvalue weighted by molar-refractivity contribution is 0.555. The fourth-order valence-electron chi connectivity index (χ4n) is 1.03. The Hall–Kier alpha value is -0.920. The lowest BCUT2D eigenvalue weighted by atomic mass is 10.2. The van der Waals surface area contributed by atoms with Crippen LogP contribution in [0.15, 0.2) is 11.2 Å². The molecule has 0 unspecified atom stereocenters. The third-order valence-corrected chi connectivity index (χ3v) is 3.29. The Kier molecular flexibility index (Phi) is 3.83. The average molecular weight is 232 g/mol. The molecule has 15 heavy (non-hydrogen) atoms. The number of hydrogen-bond donors (Lipinski definition) is 3. The highest BCUT2D eigenvalue weighted by atomic mass is 32.2. The van der Waals surface area contributed by atoms with Gasteiger partial charge in [0.25, 0.3) is 10.0 Å². The van der Waals surface area contributed by atoms with Gasteiger partial charge in [0.05, 0.1) is 6.20 Å². The highest BCUT2D eigenvalue weighted by Crippen LogP contribution is 2.10. The highest BCUT2D eigenvalue weighted by Gasteiger charge is 2.19. The van der Waals surface area contributed by atoms with Crippen LogP contribution in [0, 0.1) is 5.92 Å². The van der Waals surface area contributed by atoms with E-state index in [-0.39, 0.29) is 17.5 Å². The van der Waals surface area contributed by atoms with Crippen molar-refractivity contribution in [3.63, 3.8) is 0 Å². The van der Waals surface area contributed by atoms with Crippen molar-refractivity contribution in [1.82, 2.24) is 14.9 Å². The van der Waals surface area contributed by atoms with E-state index in [1.807, 2.05) is 13.8 Å². The van der Waals surface area contributed by atoms with Crippen molar-refractivity contribution in [2.45, 2.75) is 25.4 Å². The van der Waals surface area contributed by atoms with Gasteiger partial charge in [-0.2, -0.15) is 5.10 Å². The van der Waals surface area contributed by atoms with E-state index in [4.69, 9.17) is 5.73 Å². The van der Waals surface area contributed by atoms with Crippen LogP contribution in [-0.2, 0) is 16.6 Å². The van der Waals surface area contributed by atoms with E-state index < -0.39 is 10.0 Å². The number of nitrogens with one attached hydrogen (secondary N) is 2. The molecule has 7 heteroatoms. The average Bonchev–Trinajstić information content (AvgIpc) is 2.63. The maximum atomic E-state index is 11.7. The van der Waals surface area contributed by atoms with Gasteiger partial charge in [-0.05, 0) is 5.92 Å². The normalized spacial score (nSPS) is 12.3. The van der Waals surface area contributed by atoms with Gasteiger partial charge in [0, 0.05) is 18.7 Å². The highest BCUT2D eigenvalue weighted by molar-refractivity contribution is 7.89. The Labute approximate surface area is 89.3 Å². The molecule has 1 aromatic heterocycles. The summed E-state index contributed by atoms with van der Waals surface area (Å²) in [5.41, 5.74) is 5.89. The largest absolute Gasteiger partial charge is 0.326 e. The monoisotopic (exact) mass is 232 g/mol. The molecule has 0 atom stereocenters. The summed E-state index contributed by atoms with van der Waals surface area (Å²) in [4.78, 5) is 0. The van der Waals surface area contributed by atoms with Crippen LogP contribution in [0.4, 0.5) is 0 Å². The molecule has 0 fully saturated rings. The Morgan fingerprint density at radius 1 is 1.60 bits per heavy atom. The van der Waals surface area contributed by atoms with Crippen LogP contribution < -0.4 is 10.5 Å². The maximum absolute atomic E-state index is 11.7. The molecular weight excluding hydrogens is 216 g/mol. The molecule has 0 radical (unpaired) electrons. The minimum absolute atomic E-state index is 0.0608. The number of nitrogens with two attached hydrogens (primary N) is 1. The summed E-state index contributed by atoms with van der Waals surface area (Å²) in [6.07, 6.45) is 1.42. The van der Waals surface area contributed by atoms with Gasteiger partial charge >= 0.3 is 0 Å². The lowest BCUT2D eigenvalue weighted by Crippen LogP contribution is -2.28. The Balaban J connectivity index is 2.86. The first-order chi connectivity index (χ1) is 6.97. The van der Waals surface area contributed by atoms with Crippen LogP contribution in [-0.4, -0.2) is 25.2 Å². The fraction of sp³-hybridized carbons (Fsp3) is 0.625. The second-order valence-electron chi connectivity index (χ2n) is 3.67. The summed E-state index contributed by atoms with van der Waals surface area (Å²) in [7, 11) is -3.50. The molecule has 0 aliphatic rings. The van der Waals surface area contributed by atoms with E-state index in [0.29, 0.717) is 12.1 Å². The van der Waals surface area contributed by atoms with E-state index in [9.17, 15) is 8.42 Å². The van der Waals surface area contributed by atoms with E-state index in [1.165, 1.54) is 6.20 Å². The summed E-state index contributed by atoms with van der Waals surface area (Å²) in [5, 5.41) is 6.16. The van der Waals surface area contributed by atoms with E-state index >= 15 is 0 Å². The number of aromatic amines is 1. The molecule has 6 nitrogen and oxygen atoms in total. The minimum Gasteiger partial charge on any atom is -0.326 e. The maximum Gasteiger partial charge on any atom is 0.257 e. The third kappa shape index (κ3) is 3.01. The molecule has 0 bridgehead atoms. The van der Waals surface area contributed by atoms with E-state index in [1.54, 1.807) is 0 Å². The van der Waals surface area contributed by atoms with Crippen LogP contribution >= 0.6 is 0 Å².